The van der Waals surface area contributed by atoms with Crippen LogP contribution in [0, 0.1) is 0 Å². The molecule has 7 heteroatoms. The van der Waals surface area contributed by atoms with Crippen molar-refractivity contribution in [2.24, 2.45) is 0 Å². The summed E-state index contributed by atoms with van der Waals surface area (Å²) >= 11 is 1.63. The Morgan fingerprint density at radius 2 is 0.842 bits per heavy atom. The van der Waals surface area contributed by atoms with E-state index >= 15 is 4.79 Å². The normalized spacial score (nSPS) is 12.6. The molecule has 0 aromatic heterocycles. The number of thioether (sulfide) groups is 1. The molecule has 7 aromatic rings. The van der Waals surface area contributed by atoms with E-state index in [4.69, 9.17) is 0 Å². The average molecular weight is 769 g/mol. The third-order valence-electron chi connectivity index (χ3n) is 10.3. The first-order valence-corrected chi connectivity index (χ1v) is 19.9. The third-order valence-corrected chi connectivity index (χ3v) is 12.0. The molecule has 0 spiro atoms. The standard InChI is InChI=1S/C50H44N2O4S/c53-44-33-31-37(32-34-44)35-45(48(55)56)51-47(54)46(52-49(38-19-7-1-8-20-38,39-21-9-2-10-22-39)40-23-11-3-12-24-40)36-57-50(41-25-13-4-14-26-41,42-27-15-5-16-28-42)43-29-17-6-18-30-43/h1-34,45-46,52-53H,35-36H2,(H,51,54)(H,55,56)/t45-,46+/m0/s1. The Bertz CT molecular complexity index is 2140. The number of carbonyl (C=O) groups excluding carboxylic acids is 1. The topological polar surface area (TPSA) is 98.7 Å². The summed E-state index contributed by atoms with van der Waals surface area (Å²) in [5.41, 5.74) is 5.53. The minimum Gasteiger partial charge on any atom is -0.508 e. The van der Waals surface area contributed by atoms with Crippen molar-refractivity contribution < 1.29 is 19.8 Å². The summed E-state index contributed by atoms with van der Waals surface area (Å²) in [5, 5.41) is 27.2. The summed E-state index contributed by atoms with van der Waals surface area (Å²) in [6.45, 7) is 0. The molecule has 0 unspecified atom stereocenters. The van der Waals surface area contributed by atoms with Gasteiger partial charge in [-0.15, -0.1) is 11.8 Å². The molecule has 6 nitrogen and oxygen atoms in total. The van der Waals surface area contributed by atoms with Crippen molar-refractivity contribution in [1.82, 2.24) is 10.6 Å². The van der Waals surface area contributed by atoms with Crippen LogP contribution in [0.1, 0.15) is 38.9 Å². The molecule has 0 heterocycles. The van der Waals surface area contributed by atoms with Gasteiger partial charge < -0.3 is 15.5 Å². The quantitative estimate of drug-likeness (QED) is 0.0733. The first kappa shape index (κ1) is 38.8. The zero-order valence-corrected chi connectivity index (χ0v) is 32.1. The number of phenolic OH excluding ortho intramolecular Hbond substituents is 1. The number of hydrogen-bond acceptors (Lipinski definition) is 5. The zero-order valence-electron chi connectivity index (χ0n) is 31.3. The van der Waals surface area contributed by atoms with Gasteiger partial charge in [0.05, 0.1) is 16.3 Å². The van der Waals surface area contributed by atoms with Crippen molar-refractivity contribution in [2.45, 2.75) is 28.8 Å². The number of carbonyl (C=O) groups is 2. The van der Waals surface area contributed by atoms with Gasteiger partial charge in [-0.25, -0.2) is 4.79 Å². The van der Waals surface area contributed by atoms with Gasteiger partial charge in [-0.1, -0.05) is 194 Å². The SMILES string of the molecule is O=C(O)[C@H](Cc1ccc(O)cc1)NC(=O)[C@@H](CSC(c1ccccc1)(c1ccccc1)c1ccccc1)NC(c1ccccc1)(c1ccccc1)c1ccccc1. The highest BCUT2D eigenvalue weighted by Crippen LogP contribution is 2.49. The van der Waals surface area contributed by atoms with Gasteiger partial charge in [-0.3, -0.25) is 10.1 Å². The Balaban J connectivity index is 1.39. The zero-order chi connectivity index (χ0) is 39.5. The molecule has 1 amide bonds. The lowest BCUT2D eigenvalue weighted by molar-refractivity contribution is -0.142. The van der Waals surface area contributed by atoms with Crippen LogP contribution in [-0.4, -0.2) is 39.9 Å². The van der Waals surface area contributed by atoms with Crippen LogP contribution < -0.4 is 10.6 Å². The van der Waals surface area contributed by atoms with Crippen LogP contribution in [0.4, 0.5) is 0 Å². The largest absolute Gasteiger partial charge is 0.508 e. The summed E-state index contributed by atoms with van der Waals surface area (Å²) in [6.07, 6.45) is 0.0321. The van der Waals surface area contributed by atoms with Crippen molar-refractivity contribution in [3.05, 3.63) is 245 Å². The van der Waals surface area contributed by atoms with E-state index in [1.807, 2.05) is 109 Å². The van der Waals surface area contributed by atoms with Crippen LogP contribution in [0.15, 0.2) is 206 Å². The number of carboxylic acid groups (broad SMARTS) is 1. The number of phenols is 1. The number of aliphatic carboxylic acids is 1. The second kappa shape index (κ2) is 18.0. The summed E-state index contributed by atoms with van der Waals surface area (Å²) in [4.78, 5) is 28.0. The number of rotatable bonds is 16. The Hall–Kier alpha value is -6.41. The fourth-order valence-electron chi connectivity index (χ4n) is 7.58. The van der Waals surface area contributed by atoms with Crippen LogP contribution in [0.5, 0.6) is 5.75 Å². The highest BCUT2D eigenvalue weighted by molar-refractivity contribution is 8.00. The second-order valence-electron chi connectivity index (χ2n) is 13.9. The van der Waals surface area contributed by atoms with E-state index in [-0.39, 0.29) is 17.9 Å². The van der Waals surface area contributed by atoms with E-state index in [2.05, 4.69) is 83.4 Å². The molecule has 0 radical (unpaired) electrons. The molecule has 57 heavy (non-hydrogen) atoms. The molecule has 0 fully saturated rings. The molecule has 7 aromatic carbocycles. The van der Waals surface area contributed by atoms with Gasteiger partial charge in [0, 0.05) is 12.2 Å². The van der Waals surface area contributed by atoms with Crippen molar-refractivity contribution in [3.63, 3.8) is 0 Å². The Kier molecular flexibility index (Phi) is 12.3. The molecule has 7 rings (SSSR count). The van der Waals surface area contributed by atoms with Crippen LogP contribution >= 0.6 is 11.8 Å². The maximum absolute atomic E-state index is 15.1. The van der Waals surface area contributed by atoms with Crippen molar-refractivity contribution in [1.29, 1.82) is 0 Å². The van der Waals surface area contributed by atoms with E-state index in [0.29, 0.717) is 5.56 Å². The van der Waals surface area contributed by atoms with Crippen LogP contribution in [0.25, 0.3) is 0 Å². The second-order valence-corrected chi connectivity index (χ2v) is 15.1. The van der Waals surface area contributed by atoms with Gasteiger partial charge in [0.1, 0.15) is 11.8 Å². The van der Waals surface area contributed by atoms with E-state index in [1.54, 1.807) is 23.9 Å². The minimum atomic E-state index is -1.24. The van der Waals surface area contributed by atoms with E-state index in [1.165, 1.54) is 12.1 Å². The molecule has 4 N–H and O–H groups in total. The summed E-state index contributed by atoms with van der Waals surface area (Å²) in [5.74, 6) is -1.29. The lowest BCUT2D eigenvalue weighted by Crippen LogP contribution is -2.58. The number of amides is 1. The minimum absolute atomic E-state index is 0.0321. The molecule has 0 aliphatic rings. The number of hydrogen-bond donors (Lipinski definition) is 4. The summed E-state index contributed by atoms with van der Waals surface area (Å²) in [7, 11) is 0. The summed E-state index contributed by atoms with van der Waals surface area (Å²) in [6, 6.07) is 65.3. The number of aromatic hydroxyl groups is 1. The molecule has 2 atom stereocenters. The fourth-order valence-corrected chi connectivity index (χ4v) is 9.14. The van der Waals surface area contributed by atoms with E-state index in [9.17, 15) is 15.0 Å². The molecule has 284 valence electrons. The van der Waals surface area contributed by atoms with Crippen molar-refractivity contribution in [3.8, 4) is 5.75 Å². The van der Waals surface area contributed by atoms with Crippen molar-refractivity contribution in [2.75, 3.05) is 5.75 Å². The predicted octanol–water partition coefficient (Wildman–Crippen LogP) is 9.18. The number of nitrogens with one attached hydrogen (secondary N) is 2. The van der Waals surface area contributed by atoms with Crippen LogP contribution in [-0.2, 0) is 26.3 Å². The predicted molar refractivity (Wildman–Crippen MR) is 229 cm³/mol. The first-order chi connectivity index (χ1) is 27.9. The van der Waals surface area contributed by atoms with Crippen LogP contribution in [0.3, 0.4) is 0 Å². The smallest absolute Gasteiger partial charge is 0.326 e. The Labute approximate surface area is 338 Å². The van der Waals surface area contributed by atoms with Gasteiger partial charge in [-0.05, 0) is 51.1 Å². The molecule has 0 aliphatic heterocycles. The summed E-state index contributed by atoms with van der Waals surface area (Å²) < 4.78 is -0.753. The van der Waals surface area contributed by atoms with Gasteiger partial charge in [0.15, 0.2) is 0 Å². The van der Waals surface area contributed by atoms with Crippen molar-refractivity contribution >= 4 is 23.6 Å². The van der Waals surface area contributed by atoms with Crippen LogP contribution in [0.2, 0.25) is 0 Å². The molecule has 0 bridgehead atoms. The molecular formula is C50H44N2O4S. The maximum Gasteiger partial charge on any atom is 0.326 e. The molecular weight excluding hydrogens is 725 g/mol. The highest BCUT2D eigenvalue weighted by atomic mass is 32.2. The first-order valence-electron chi connectivity index (χ1n) is 19.0. The number of benzene rings is 7. The van der Waals surface area contributed by atoms with Gasteiger partial charge in [-0.2, -0.15) is 0 Å². The third kappa shape index (κ3) is 8.55. The lowest BCUT2D eigenvalue weighted by Gasteiger charge is -2.41. The molecule has 0 aliphatic carbocycles. The fraction of sp³-hybridized carbons (Fsp3) is 0.120. The maximum atomic E-state index is 15.1. The number of carboxylic acids is 1. The highest BCUT2D eigenvalue weighted by Gasteiger charge is 2.43. The van der Waals surface area contributed by atoms with Gasteiger partial charge in [0.2, 0.25) is 5.91 Å². The lowest BCUT2D eigenvalue weighted by atomic mass is 9.76. The monoisotopic (exact) mass is 768 g/mol. The Morgan fingerprint density at radius 3 is 1.19 bits per heavy atom. The van der Waals surface area contributed by atoms with Gasteiger partial charge in [0.25, 0.3) is 0 Å². The molecule has 0 saturated heterocycles. The molecule has 0 saturated carbocycles. The van der Waals surface area contributed by atoms with Gasteiger partial charge >= 0.3 is 5.97 Å². The Morgan fingerprint density at radius 1 is 0.491 bits per heavy atom. The van der Waals surface area contributed by atoms with E-state index in [0.717, 1.165) is 33.4 Å². The van der Waals surface area contributed by atoms with E-state index < -0.39 is 34.2 Å². The average Bonchev–Trinajstić information content (AvgIpc) is 3.27.